The smallest absolute Gasteiger partial charge is 0.247 e. The van der Waals surface area contributed by atoms with Crippen LogP contribution in [0.5, 0.6) is 5.75 Å². The summed E-state index contributed by atoms with van der Waals surface area (Å²) in [5, 5.41) is 7.91. The van der Waals surface area contributed by atoms with Gasteiger partial charge in [-0.2, -0.15) is 0 Å². The number of para-hydroxylation sites is 1. The van der Waals surface area contributed by atoms with Gasteiger partial charge in [-0.1, -0.05) is 24.8 Å². The molecule has 5 rings (SSSR count). The zero-order valence-corrected chi connectivity index (χ0v) is 26.6. The first-order valence-electron chi connectivity index (χ1n) is 14.3. The van der Waals surface area contributed by atoms with Gasteiger partial charge in [0.2, 0.25) is 11.9 Å². The summed E-state index contributed by atoms with van der Waals surface area (Å²) in [6.45, 7) is 8.64. The average molecular weight is 602 g/mol. The molecule has 0 unspecified atom stereocenters. The molecule has 1 fully saturated rings. The molecule has 1 amide bonds. The van der Waals surface area contributed by atoms with Gasteiger partial charge in [0.05, 0.1) is 35.2 Å². The number of likely N-dealkylation sites (N-methyl/N-ethyl adjacent to an activating group) is 2. The van der Waals surface area contributed by atoms with Gasteiger partial charge in [0.15, 0.2) is 0 Å². The predicted molar refractivity (Wildman–Crippen MR) is 177 cm³/mol. The number of methoxy groups -OCH3 is 1. The van der Waals surface area contributed by atoms with E-state index < -0.39 is 7.14 Å². The lowest BCUT2D eigenvalue weighted by molar-refractivity contribution is -0.111. The van der Waals surface area contributed by atoms with E-state index >= 15 is 0 Å². The second-order valence-electron chi connectivity index (χ2n) is 11.6. The standard InChI is InChI=1S/C32H40N7O3P/c1-8-30(40)34-24-17-25(28(42-5)18-27(24)38(4)16-15-37(2)3)35-32-33-19-29(43(6,7)41)31(36-32)23-20-39(21-13-14-21)26-12-10-9-11-22(23)26/h8-12,17-21H,1,13-16H2,2-7H3,(H,34,40)(H,33,35,36). The van der Waals surface area contributed by atoms with Gasteiger partial charge in [0.25, 0.3) is 0 Å². The first kappa shape index (κ1) is 30.3. The summed E-state index contributed by atoms with van der Waals surface area (Å²) in [5.74, 6) is 0.554. The van der Waals surface area contributed by atoms with Crippen molar-refractivity contribution < 1.29 is 14.1 Å². The number of hydrogen-bond acceptors (Lipinski definition) is 8. The number of benzene rings is 2. The quantitative estimate of drug-likeness (QED) is 0.161. The van der Waals surface area contributed by atoms with Gasteiger partial charge in [-0.15, -0.1) is 0 Å². The highest BCUT2D eigenvalue weighted by molar-refractivity contribution is 7.70. The molecule has 1 aliphatic carbocycles. The van der Waals surface area contributed by atoms with Gasteiger partial charge in [-0.25, -0.2) is 9.97 Å². The van der Waals surface area contributed by atoms with E-state index in [1.165, 1.54) is 6.08 Å². The number of fused-ring (bicyclic) bond motifs is 1. The molecule has 0 spiro atoms. The molecule has 0 atom stereocenters. The number of nitrogens with one attached hydrogen (secondary N) is 2. The Morgan fingerprint density at radius 2 is 1.91 bits per heavy atom. The number of amides is 1. The molecule has 2 aromatic carbocycles. The van der Waals surface area contributed by atoms with E-state index in [9.17, 15) is 9.36 Å². The second kappa shape index (κ2) is 12.2. The number of ether oxygens (including phenoxy) is 1. The van der Waals surface area contributed by atoms with Crippen LogP contribution in [0.15, 0.2) is 61.4 Å². The number of nitrogens with zero attached hydrogens (tertiary/aromatic N) is 5. The molecule has 2 heterocycles. The number of rotatable bonds is 12. The van der Waals surface area contributed by atoms with Crippen LogP contribution >= 0.6 is 7.14 Å². The maximum absolute atomic E-state index is 13.5. The number of carbonyl (C=O) groups is 1. The summed E-state index contributed by atoms with van der Waals surface area (Å²) in [7, 11) is 4.87. The van der Waals surface area contributed by atoms with Crippen LogP contribution in [0.4, 0.5) is 23.0 Å². The lowest BCUT2D eigenvalue weighted by Crippen LogP contribution is -2.29. The fraction of sp³-hybridized carbons (Fsp3) is 0.344. The number of carbonyl (C=O) groups excluding carboxylic acids is 1. The van der Waals surface area contributed by atoms with Gasteiger partial charge in [-0.3, -0.25) is 4.79 Å². The Hall–Kier alpha value is -4.14. The molecular weight excluding hydrogens is 561 g/mol. The normalized spacial score (nSPS) is 13.3. The first-order valence-corrected chi connectivity index (χ1v) is 16.9. The highest BCUT2D eigenvalue weighted by Gasteiger charge is 2.28. The molecule has 43 heavy (non-hydrogen) atoms. The minimum absolute atomic E-state index is 0.323. The summed E-state index contributed by atoms with van der Waals surface area (Å²) in [6.07, 6.45) is 7.32. The van der Waals surface area contributed by atoms with Gasteiger partial charge in [0.1, 0.15) is 12.9 Å². The van der Waals surface area contributed by atoms with E-state index in [1.807, 2.05) is 45.4 Å². The van der Waals surface area contributed by atoms with E-state index in [1.54, 1.807) is 26.6 Å². The SMILES string of the molecule is C=CC(=O)Nc1cc(Nc2ncc(P(C)(C)=O)c(-c3cn(C4CC4)c4ccccc34)n2)c(OC)cc1N(C)CCN(C)C. The van der Waals surface area contributed by atoms with Gasteiger partial charge < -0.3 is 34.3 Å². The van der Waals surface area contributed by atoms with Crippen molar-refractivity contribution in [3.8, 4) is 17.0 Å². The van der Waals surface area contributed by atoms with E-state index in [2.05, 4.69) is 54.9 Å². The molecule has 0 radical (unpaired) electrons. The van der Waals surface area contributed by atoms with Crippen molar-refractivity contribution in [3.63, 3.8) is 0 Å². The summed E-state index contributed by atoms with van der Waals surface area (Å²) < 4.78 is 21.5. The third-order valence-corrected chi connectivity index (χ3v) is 9.07. The van der Waals surface area contributed by atoms with Crippen molar-refractivity contribution in [2.45, 2.75) is 18.9 Å². The lowest BCUT2D eigenvalue weighted by Gasteiger charge is -2.26. The Morgan fingerprint density at radius 1 is 1.16 bits per heavy atom. The first-order chi connectivity index (χ1) is 20.5. The molecule has 2 aromatic heterocycles. The Morgan fingerprint density at radius 3 is 2.56 bits per heavy atom. The van der Waals surface area contributed by atoms with Crippen LogP contribution in [0.25, 0.3) is 22.2 Å². The van der Waals surface area contributed by atoms with Crippen molar-refractivity contribution in [2.75, 3.05) is 70.2 Å². The molecule has 226 valence electrons. The fourth-order valence-electron chi connectivity index (χ4n) is 5.10. The number of hydrogen-bond donors (Lipinski definition) is 2. The third kappa shape index (κ3) is 6.60. The van der Waals surface area contributed by atoms with E-state index in [4.69, 9.17) is 9.72 Å². The average Bonchev–Trinajstić information content (AvgIpc) is 3.75. The molecule has 0 aliphatic heterocycles. The summed E-state index contributed by atoms with van der Waals surface area (Å²) >= 11 is 0. The molecule has 10 nitrogen and oxygen atoms in total. The van der Waals surface area contributed by atoms with Gasteiger partial charge >= 0.3 is 0 Å². The molecule has 11 heteroatoms. The Labute approximate surface area is 253 Å². The Balaban J connectivity index is 1.60. The van der Waals surface area contributed by atoms with Crippen LogP contribution in [-0.2, 0) is 9.36 Å². The minimum atomic E-state index is -2.73. The van der Waals surface area contributed by atoms with Crippen LogP contribution < -0.4 is 25.6 Å². The fourth-order valence-corrected chi connectivity index (χ4v) is 6.12. The van der Waals surface area contributed by atoms with Crippen molar-refractivity contribution >= 4 is 52.3 Å². The predicted octanol–water partition coefficient (Wildman–Crippen LogP) is 5.56. The van der Waals surface area contributed by atoms with Crippen molar-refractivity contribution in [1.29, 1.82) is 0 Å². The Kier molecular flexibility index (Phi) is 8.62. The van der Waals surface area contributed by atoms with E-state index in [-0.39, 0.29) is 5.91 Å². The van der Waals surface area contributed by atoms with Crippen LogP contribution in [0.1, 0.15) is 18.9 Å². The molecule has 4 aromatic rings. The zero-order chi connectivity index (χ0) is 30.9. The molecule has 1 saturated carbocycles. The van der Waals surface area contributed by atoms with Crippen molar-refractivity contribution in [1.82, 2.24) is 19.4 Å². The topological polar surface area (TPSA) is 105 Å². The number of aromatic nitrogens is 3. The van der Waals surface area contributed by atoms with Crippen LogP contribution in [0.2, 0.25) is 0 Å². The highest BCUT2D eigenvalue weighted by atomic mass is 31.2. The molecule has 2 N–H and O–H groups in total. The largest absolute Gasteiger partial charge is 0.494 e. The summed E-state index contributed by atoms with van der Waals surface area (Å²) in [6, 6.07) is 12.4. The van der Waals surface area contributed by atoms with Gasteiger partial charge in [-0.05, 0) is 58.5 Å². The maximum atomic E-state index is 13.5. The van der Waals surface area contributed by atoms with Crippen molar-refractivity contribution in [3.05, 3.63) is 61.4 Å². The molecule has 1 aliphatic rings. The summed E-state index contributed by atoms with van der Waals surface area (Å²) in [5.41, 5.74) is 4.66. The third-order valence-electron chi connectivity index (χ3n) is 7.59. The van der Waals surface area contributed by atoms with Crippen LogP contribution in [0.3, 0.4) is 0 Å². The second-order valence-corrected chi connectivity index (χ2v) is 14.8. The molecular formula is C32H40N7O3P. The minimum Gasteiger partial charge on any atom is -0.494 e. The molecule has 0 bridgehead atoms. The lowest BCUT2D eigenvalue weighted by atomic mass is 10.1. The highest BCUT2D eigenvalue weighted by Crippen LogP contribution is 2.44. The van der Waals surface area contributed by atoms with E-state index in [0.717, 1.165) is 48.1 Å². The van der Waals surface area contributed by atoms with Crippen LogP contribution in [-0.4, -0.2) is 80.0 Å². The molecule has 0 saturated heterocycles. The zero-order valence-electron chi connectivity index (χ0n) is 25.7. The monoisotopic (exact) mass is 601 g/mol. The van der Waals surface area contributed by atoms with Crippen LogP contribution in [0, 0.1) is 0 Å². The Bertz CT molecular complexity index is 1720. The van der Waals surface area contributed by atoms with Crippen molar-refractivity contribution in [2.24, 2.45) is 0 Å². The van der Waals surface area contributed by atoms with E-state index in [0.29, 0.717) is 40.1 Å². The maximum Gasteiger partial charge on any atom is 0.247 e. The summed E-state index contributed by atoms with van der Waals surface area (Å²) in [4.78, 5) is 26.1. The number of anilines is 4. The van der Waals surface area contributed by atoms with Gasteiger partial charge in [0, 0.05) is 61.1 Å².